The lowest BCUT2D eigenvalue weighted by Crippen LogP contribution is -2.67. The number of ether oxygens (including phenoxy) is 5. The molecule has 310 valence electrons. The number of allylic oxidation sites excluding steroid dienone is 2. The number of terminal acetylenes is 1. The molecule has 2 spiro atoms. The van der Waals surface area contributed by atoms with Crippen molar-refractivity contribution in [1.82, 2.24) is 0 Å². The first-order valence-corrected chi connectivity index (χ1v) is 19.8. The Bertz CT molecular complexity index is 1550. The van der Waals surface area contributed by atoms with E-state index in [1.54, 1.807) is 13.8 Å². The summed E-state index contributed by atoms with van der Waals surface area (Å²) < 4.78 is 110. The van der Waals surface area contributed by atoms with Crippen molar-refractivity contribution in [1.29, 1.82) is 0 Å². The minimum absolute atomic E-state index is 0.0187. The maximum Gasteiger partial charge on any atom is 0.449 e. The lowest BCUT2D eigenvalue weighted by molar-refractivity contribution is -0.557. The van der Waals surface area contributed by atoms with Crippen molar-refractivity contribution in [2.75, 3.05) is 25.2 Å². The summed E-state index contributed by atoms with van der Waals surface area (Å²) in [6, 6.07) is 0. The average Bonchev–Trinajstić information content (AvgIpc) is 3.51. The van der Waals surface area contributed by atoms with Crippen LogP contribution in [0.5, 0.6) is 0 Å². The minimum atomic E-state index is -4.64. The second-order valence-corrected chi connectivity index (χ2v) is 16.5. The highest BCUT2D eigenvalue weighted by atomic mass is 79.9. The van der Waals surface area contributed by atoms with E-state index in [-0.39, 0.29) is 54.1 Å². The monoisotopic (exact) mass is 858 g/mol. The quantitative estimate of drug-likeness (QED) is 0.0726. The molecule has 0 aromatic heterocycles. The summed E-state index contributed by atoms with van der Waals surface area (Å²) in [4.78, 5) is 22.9. The van der Waals surface area contributed by atoms with Gasteiger partial charge >= 0.3 is 12.4 Å². The van der Waals surface area contributed by atoms with E-state index >= 15 is 0 Å². The van der Waals surface area contributed by atoms with Gasteiger partial charge in [0.2, 0.25) is 35.7 Å². The molecular formula is C38H49BrF6O10. The van der Waals surface area contributed by atoms with Crippen molar-refractivity contribution in [2.24, 2.45) is 35.5 Å². The molecule has 10 aliphatic rings. The zero-order valence-corrected chi connectivity index (χ0v) is 32.8. The predicted octanol–water partition coefficient (Wildman–Crippen LogP) is 8.31. The Morgan fingerprint density at radius 2 is 1.24 bits per heavy atom. The predicted molar refractivity (Wildman–Crippen MR) is 185 cm³/mol. The Labute approximate surface area is 325 Å². The van der Waals surface area contributed by atoms with Crippen LogP contribution in [0.15, 0.2) is 35.3 Å². The van der Waals surface area contributed by atoms with E-state index in [9.17, 15) is 26.3 Å². The summed E-state index contributed by atoms with van der Waals surface area (Å²) in [6.07, 6.45) is 0.0177. The van der Waals surface area contributed by atoms with Gasteiger partial charge in [-0.1, -0.05) is 41.8 Å². The molecule has 6 saturated heterocycles. The minimum Gasteiger partial charge on any atom is -0.456 e. The molecule has 0 aromatic carbocycles. The Balaban J connectivity index is 0.000000172. The third-order valence-corrected chi connectivity index (χ3v) is 13.2. The maximum atomic E-state index is 13.8. The van der Waals surface area contributed by atoms with Crippen LogP contribution in [-0.2, 0) is 43.2 Å². The van der Waals surface area contributed by atoms with Crippen molar-refractivity contribution in [3.63, 3.8) is 0 Å². The molecule has 2 aliphatic carbocycles. The van der Waals surface area contributed by atoms with Gasteiger partial charge in [0.1, 0.15) is 6.61 Å². The van der Waals surface area contributed by atoms with Gasteiger partial charge < -0.3 is 28.8 Å². The number of hydrogen-bond acceptors (Lipinski definition) is 10. The van der Waals surface area contributed by atoms with Gasteiger partial charge in [0, 0.05) is 47.4 Å². The number of aliphatic hydroxyl groups excluding tert-OH is 1. The van der Waals surface area contributed by atoms with Crippen molar-refractivity contribution in [3.8, 4) is 12.3 Å². The van der Waals surface area contributed by atoms with Crippen LogP contribution in [0.3, 0.4) is 0 Å². The van der Waals surface area contributed by atoms with Gasteiger partial charge in [-0.05, 0) is 69.8 Å². The van der Waals surface area contributed by atoms with Crippen molar-refractivity contribution in [3.05, 3.63) is 35.3 Å². The lowest BCUT2D eigenvalue weighted by atomic mass is 9.59. The number of alkyl halides is 7. The van der Waals surface area contributed by atoms with Gasteiger partial charge in [0.25, 0.3) is 0 Å². The van der Waals surface area contributed by atoms with E-state index in [1.165, 1.54) is 6.08 Å². The summed E-state index contributed by atoms with van der Waals surface area (Å²) in [5.41, 5.74) is -1.82. The molecule has 4 bridgehead atoms. The molecule has 0 radical (unpaired) electrons. The first kappa shape index (κ1) is 42.7. The molecule has 8 aliphatic heterocycles. The molecule has 0 aromatic rings. The summed E-state index contributed by atoms with van der Waals surface area (Å²) in [7, 11) is 0. The number of rotatable bonds is 5. The van der Waals surface area contributed by atoms with Gasteiger partial charge in [0.15, 0.2) is 11.2 Å². The second-order valence-electron chi connectivity index (χ2n) is 16.0. The van der Waals surface area contributed by atoms with Crippen LogP contribution in [-0.4, -0.2) is 78.0 Å². The largest absolute Gasteiger partial charge is 0.456 e. The van der Waals surface area contributed by atoms with Gasteiger partial charge in [0.05, 0.1) is 13.2 Å². The summed E-state index contributed by atoms with van der Waals surface area (Å²) >= 11 is 3.22. The van der Waals surface area contributed by atoms with Crippen LogP contribution in [0.1, 0.15) is 79.1 Å². The maximum absolute atomic E-state index is 13.8. The summed E-state index contributed by atoms with van der Waals surface area (Å²) in [5.74, 6) is -2.52. The molecule has 10 rings (SSSR count). The molecule has 55 heavy (non-hydrogen) atoms. The molecule has 17 heteroatoms. The smallest absolute Gasteiger partial charge is 0.449 e. The fourth-order valence-corrected chi connectivity index (χ4v) is 10.7. The summed E-state index contributed by atoms with van der Waals surface area (Å²) in [6.45, 7) is 11.0. The van der Waals surface area contributed by atoms with Crippen LogP contribution in [0.4, 0.5) is 26.3 Å². The van der Waals surface area contributed by atoms with Gasteiger partial charge in [-0.2, -0.15) is 26.3 Å². The standard InChI is InChI=1S/C19H25F3O5.C16H20BrF3O4.C3H4O/c1-4-9-23-10-12-14-6-5-11(2)13-7-8-17(3)25-16(18(13,14)27-26-17)24-15(12)19(20,21)22;1-8-3-4-11-9(7-17)12(16(18,19)20)21-13-15(11)10(8)5-6-14(2,22-13)23-24-15;1-2-3-4/h4,11,13-14,16H,1,5-10H2,2-3H3;8,10-11,13H,3-7H2,1-2H3;1,4H,3H2/t11-,13?,14+,16-,17+,18-;8-,10?,11+,13-,14+,15-;/m11./s1. The normalized spacial score (nSPS) is 42.7. The van der Waals surface area contributed by atoms with Crippen molar-refractivity contribution < 1.29 is 74.7 Å². The number of hydrogen-bond donors (Lipinski definition) is 1. The molecule has 12 atom stereocenters. The molecule has 0 amide bonds. The number of aliphatic hydroxyl groups is 1. The Hall–Kier alpha value is -1.88. The van der Waals surface area contributed by atoms with Crippen LogP contribution in [0.2, 0.25) is 0 Å². The van der Waals surface area contributed by atoms with E-state index < -0.39 is 71.1 Å². The average molecular weight is 860 g/mol. The van der Waals surface area contributed by atoms with E-state index in [4.69, 9.17) is 48.3 Å². The molecule has 2 saturated carbocycles. The highest BCUT2D eigenvalue weighted by Gasteiger charge is 2.71. The van der Waals surface area contributed by atoms with Gasteiger partial charge in [-0.3, -0.25) is 0 Å². The zero-order chi connectivity index (χ0) is 40.2. The number of fused-ring (bicyclic) bond motifs is 4. The lowest BCUT2D eigenvalue weighted by Gasteiger charge is -2.57. The molecule has 8 heterocycles. The fraction of sp³-hybridized carbons (Fsp3) is 0.789. The topological polar surface area (TPSA) is 103 Å². The van der Waals surface area contributed by atoms with Crippen LogP contribution in [0.25, 0.3) is 0 Å². The second kappa shape index (κ2) is 15.7. The highest BCUT2D eigenvalue weighted by molar-refractivity contribution is 9.09. The zero-order valence-electron chi connectivity index (χ0n) is 31.2. The van der Waals surface area contributed by atoms with Gasteiger partial charge in [-0.15, -0.1) is 13.0 Å². The molecule has 2 unspecified atom stereocenters. The number of halogens is 7. The Morgan fingerprint density at radius 1 is 0.800 bits per heavy atom. The highest BCUT2D eigenvalue weighted by Crippen LogP contribution is 2.63. The molecular weight excluding hydrogens is 810 g/mol. The van der Waals surface area contributed by atoms with Crippen LogP contribution >= 0.6 is 15.9 Å². The molecule has 8 fully saturated rings. The van der Waals surface area contributed by atoms with Gasteiger partial charge in [-0.25, -0.2) is 19.6 Å². The van der Waals surface area contributed by atoms with E-state index in [2.05, 4.69) is 42.8 Å². The third kappa shape index (κ3) is 7.50. The van der Waals surface area contributed by atoms with Crippen molar-refractivity contribution >= 4 is 15.9 Å². The Kier molecular flexibility index (Phi) is 12.2. The van der Waals surface area contributed by atoms with E-state index in [0.717, 1.165) is 25.7 Å². The van der Waals surface area contributed by atoms with Crippen LogP contribution in [0, 0.1) is 47.9 Å². The fourth-order valence-electron chi connectivity index (χ4n) is 10.0. The van der Waals surface area contributed by atoms with Crippen molar-refractivity contribution in [2.45, 2.75) is 127 Å². The SMILES string of the molecule is C#CCO.C=CCOCC1=C(C(F)(F)F)O[C@@H]2O[C@]3(C)CCC4[C@H](C)CC[C@@H]1[C@]42OO3.C[C@@H]1CC[C@H]2C(CBr)=C(C(F)(F)F)O[C@@H]3O[C@]4(C)CCC1[C@]32OO4. The van der Waals surface area contributed by atoms with E-state index in [0.29, 0.717) is 31.6 Å². The Morgan fingerprint density at radius 3 is 1.64 bits per heavy atom. The first-order valence-electron chi connectivity index (χ1n) is 18.7. The van der Waals surface area contributed by atoms with E-state index in [1.807, 2.05) is 5.92 Å². The summed E-state index contributed by atoms with van der Waals surface area (Å²) in [5, 5.41) is 7.72. The van der Waals surface area contributed by atoms with Crippen LogP contribution < -0.4 is 0 Å². The molecule has 10 nitrogen and oxygen atoms in total. The molecule has 1 N–H and O–H groups in total. The first-order chi connectivity index (χ1) is 25.8. The third-order valence-electron chi connectivity index (χ3n) is 12.6.